The standard InChI is InChI=1S/C15H24N2O2/c1-4-15(19)16-13-9-7-12(8-10-13)14(18)11-17(5-2)6-3/h7-10,14,18H,4-6,11H2,1-3H3,(H,16,19). The highest BCUT2D eigenvalue weighted by Gasteiger charge is 2.11. The molecule has 1 amide bonds. The number of nitrogens with one attached hydrogen (secondary N) is 1. The molecule has 0 spiro atoms. The number of aliphatic hydroxyl groups excluding tert-OH is 1. The van der Waals surface area contributed by atoms with E-state index in [1.54, 1.807) is 0 Å². The molecule has 1 rings (SSSR count). The summed E-state index contributed by atoms with van der Waals surface area (Å²) in [6, 6.07) is 7.38. The first-order valence-electron chi connectivity index (χ1n) is 6.90. The molecule has 0 aliphatic carbocycles. The molecule has 0 saturated carbocycles. The van der Waals surface area contributed by atoms with Gasteiger partial charge >= 0.3 is 0 Å². The van der Waals surface area contributed by atoms with E-state index in [2.05, 4.69) is 24.1 Å². The van der Waals surface area contributed by atoms with Crippen LogP contribution in [0, 0.1) is 0 Å². The van der Waals surface area contributed by atoms with Gasteiger partial charge in [0.15, 0.2) is 0 Å². The number of nitrogens with zero attached hydrogens (tertiary/aromatic N) is 1. The second-order valence-electron chi connectivity index (χ2n) is 4.53. The number of aliphatic hydroxyl groups is 1. The van der Waals surface area contributed by atoms with Gasteiger partial charge in [-0.3, -0.25) is 4.79 Å². The van der Waals surface area contributed by atoms with E-state index >= 15 is 0 Å². The molecule has 1 aromatic rings. The van der Waals surface area contributed by atoms with Gasteiger partial charge in [0.05, 0.1) is 6.10 Å². The van der Waals surface area contributed by atoms with Gasteiger partial charge in [0.25, 0.3) is 0 Å². The predicted molar refractivity (Wildman–Crippen MR) is 78.1 cm³/mol. The molecule has 0 aliphatic rings. The first kappa shape index (κ1) is 15.7. The van der Waals surface area contributed by atoms with Crippen molar-refractivity contribution >= 4 is 11.6 Å². The lowest BCUT2D eigenvalue weighted by Gasteiger charge is -2.22. The molecule has 0 aliphatic heterocycles. The zero-order chi connectivity index (χ0) is 14.3. The first-order valence-corrected chi connectivity index (χ1v) is 6.90. The molecule has 0 bridgehead atoms. The third-order valence-corrected chi connectivity index (χ3v) is 3.23. The van der Waals surface area contributed by atoms with Gasteiger partial charge in [0.1, 0.15) is 0 Å². The number of carbonyl (C=O) groups excluding carboxylic acids is 1. The van der Waals surface area contributed by atoms with Crippen molar-refractivity contribution < 1.29 is 9.90 Å². The molecule has 19 heavy (non-hydrogen) atoms. The molecular formula is C15H24N2O2. The Balaban J connectivity index is 2.62. The van der Waals surface area contributed by atoms with Gasteiger partial charge in [-0.15, -0.1) is 0 Å². The van der Waals surface area contributed by atoms with Crippen LogP contribution < -0.4 is 5.32 Å². The van der Waals surface area contributed by atoms with E-state index in [9.17, 15) is 9.90 Å². The third-order valence-electron chi connectivity index (χ3n) is 3.23. The minimum absolute atomic E-state index is 0.00330. The van der Waals surface area contributed by atoms with Crippen molar-refractivity contribution in [2.24, 2.45) is 0 Å². The Morgan fingerprint density at radius 3 is 2.26 bits per heavy atom. The number of hydrogen-bond donors (Lipinski definition) is 2. The molecule has 0 fully saturated rings. The van der Waals surface area contributed by atoms with Crippen LogP contribution in [0.5, 0.6) is 0 Å². The van der Waals surface area contributed by atoms with Crippen LogP contribution >= 0.6 is 0 Å². The van der Waals surface area contributed by atoms with Gasteiger partial charge in [0.2, 0.25) is 5.91 Å². The average Bonchev–Trinajstić information content (AvgIpc) is 2.45. The fourth-order valence-electron chi connectivity index (χ4n) is 1.87. The van der Waals surface area contributed by atoms with Gasteiger partial charge in [-0.1, -0.05) is 32.9 Å². The van der Waals surface area contributed by atoms with E-state index in [4.69, 9.17) is 0 Å². The normalized spacial score (nSPS) is 12.5. The van der Waals surface area contributed by atoms with Crippen LogP contribution in [-0.4, -0.2) is 35.5 Å². The zero-order valence-corrected chi connectivity index (χ0v) is 12.0. The molecule has 4 nitrogen and oxygen atoms in total. The van der Waals surface area contributed by atoms with Gasteiger partial charge < -0.3 is 15.3 Å². The quantitative estimate of drug-likeness (QED) is 0.795. The number of benzene rings is 1. The van der Waals surface area contributed by atoms with Gasteiger partial charge in [-0.05, 0) is 30.8 Å². The Labute approximate surface area is 115 Å². The van der Waals surface area contributed by atoms with Crippen LogP contribution in [0.25, 0.3) is 0 Å². The summed E-state index contributed by atoms with van der Waals surface area (Å²) in [6.45, 7) is 8.47. The van der Waals surface area contributed by atoms with E-state index in [-0.39, 0.29) is 5.91 Å². The van der Waals surface area contributed by atoms with Crippen LogP contribution in [0.2, 0.25) is 0 Å². The summed E-state index contributed by atoms with van der Waals surface area (Å²) in [5.74, 6) is -0.00330. The maximum Gasteiger partial charge on any atom is 0.224 e. The summed E-state index contributed by atoms with van der Waals surface area (Å²) in [7, 11) is 0. The first-order chi connectivity index (χ1) is 9.10. The zero-order valence-electron chi connectivity index (χ0n) is 12.0. The van der Waals surface area contributed by atoms with Crippen molar-refractivity contribution in [3.8, 4) is 0 Å². The van der Waals surface area contributed by atoms with Crippen molar-refractivity contribution in [1.82, 2.24) is 4.90 Å². The number of hydrogen-bond acceptors (Lipinski definition) is 3. The predicted octanol–water partition coefficient (Wildman–Crippen LogP) is 2.41. The van der Waals surface area contributed by atoms with Crippen LogP contribution in [0.4, 0.5) is 5.69 Å². The topological polar surface area (TPSA) is 52.6 Å². The highest BCUT2D eigenvalue weighted by atomic mass is 16.3. The second-order valence-corrected chi connectivity index (χ2v) is 4.53. The summed E-state index contributed by atoms with van der Waals surface area (Å²) in [4.78, 5) is 13.4. The molecule has 1 atom stereocenters. The van der Waals surface area contributed by atoms with Crippen LogP contribution in [0.1, 0.15) is 38.9 Å². The number of amides is 1. The molecule has 0 saturated heterocycles. The van der Waals surface area contributed by atoms with E-state index in [0.29, 0.717) is 13.0 Å². The monoisotopic (exact) mass is 264 g/mol. The molecule has 0 heterocycles. The smallest absolute Gasteiger partial charge is 0.224 e. The Morgan fingerprint density at radius 1 is 1.21 bits per heavy atom. The summed E-state index contributed by atoms with van der Waals surface area (Å²) in [5.41, 5.74) is 1.65. The Morgan fingerprint density at radius 2 is 1.79 bits per heavy atom. The maximum absolute atomic E-state index is 11.3. The number of likely N-dealkylation sites (N-methyl/N-ethyl adjacent to an activating group) is 1. The lowest BCUT2D eigenvalue weighted by molar-refractivity contribution is -0.115. The molecule has 0 aromatic heterocycles. The van der Waals surface area contributed by atoms with Crippen molar-refractivity contribution in [3.05, 3.63) is 29.8 Å². The molecule has 106 valence electrons. The molecule has 1 aromatic carbocycles. The molecular weight excluding hydrogens is 240 g/mol. The van der Waals surface area contributed by atoms with Crippen LogP contribution in [0.15, 0.2) is 24.3 Å². The van der Waals surface area contributed by atoms with Gasteiger partial charge in [0, 0.05) is 18.7 Å². The Hall–Kier alpha value is -1.39. The molecule has 4 heteroatoms. The fourth-order valence-corrected chi connectivity index (χ4v) is 1.87. The van der Waals surface area contributed by atoms with Crippen LogP contribution in [0.3, 0.4) is 0 Å². The average molecular weight is 264 g/mol. The lowest BCUT2D eigenvalue weighted by Crippen LogP contribution is -2.28. The molecule has 1 unspecified atom stereocenters. The van der Waals surface area contributed by atoms with Gasteiger partial charge in [-0.25, -0.2) is 0 Å². The molecule has 2 N–H and O–H groups in total. The Bertz CT molecular complexity index is 386. The summed E-state index contributed by atoms with van der Waals surface area (Å²) >= 11 is 0. The fraction of sp³-hybridized carbons (Fsp3) is 0.533. The van der Waals surface area contributed by atoms with Crippen molar-refractivity contribution in [1.29, 1.82) is 0 Å². The van der Waals surface area contributed by atoms with Gasteiger partial charge in [-0.2, -0.15) is 0 Å². The maximum atomic E-state index is 11.3. The van der Waals surface area contributed by atoms with Crippen molar-refractivity contribution in [2.45, 2.75) is 33.3 Å². The summed E-state index contributed by atoms with van der Waals surface area (Å²) in [6.07, 6.45) is -0.0254. The Kier molecular flexibility index (Phi) is 6.53. The minimum Gasteiger partial charge on any atom is -0.387 e. The van der Waals surface area contributed by atoms with E-state index in [0.717, 1.165) is 24.3 Å². The highest BCUT2D eigenvalue weighted by Crippen LogP contribution is 2.17. The summed E-state index contributed by atoms with van der Waals surface area (Å²) in [5, 5.41) is 12.9. The van der Waals surface area contributed by atoms with E-state index in [1.807, 2.05) is 31.2 Å². The lowest BCUT2D eigenvalue weighted by atomic mass is 10.1. The van der Waals surface area contributed by atoms with Crippen molar-refractivity contribution in [2.75, 3.05) is 25.0 Å². The van der Waals surface area contributed by atoms with Crippen LogP contribution in [-0.2, 0) is 4.79 Å². The second kappa shape index (κ2) is 7.92. The number of anilines is 1. The largest absolute Gasteiger partial charge is 0.387 e. The van der Waals surface area contributed by atoms with E-state index < -0.39 is 6.10 Å². The number of rotatable bonds is 7. The number of carbonyl (C=O) groups is 1. The van der Waals surface area contributed by atoms with Crippen molar-refractivity contribution in [3.63, 3.8) is 0 Å². The minimum atomic E-state index is -0.490. The summed E-state index contributed by atoms with van der Waals surface area (Å²) < 4.78 is 0. The highest BCUT2D eigenvalue weighted by molar-refractivity contribution is 5.90. The molecule has 0 radical (unpaired) electrons. The van der Waals surface area contributed by atoms with E-state index in [1.165, 1.54) is 0 Å². The SMILES string of the molecule is CCC(=O)Nc1ccc(C(O)CN(CC)CC)cc1. The third kappa shape index (κ3) is 5.01.